The van der Waals surface area contributed by atoms with Crippen molar-refractivity contribution in [2.45, 2.75) is 32.5 Å². The van der Waals surface area contributed by atoms with Gasteiger partial charge in [-0.2, -0.15) is 0 Å². The summed E-state index contributed by atoms with van der Waals surface area (Å²) in [5.41, 5.74) is 3.43. The Morgan fingerprint density at radius 2 is 1.29 bits per heavy atom. The molecule has 0 N–H and O–H groups in total. The first-order chi connectivity index (χ1) is 13.7. The van der Waals surface area contributed by atoms with E-state index in [4.69, 9.17) is 4.74 Å². The van der Waals surface area contributed by atoms with E-state index in [2.05, 4.69) is 29.2 Å². The van der Waals surface area contributed by atoms with E-state index in [-0.39, 0.29) is 11.8 Å². The molecule has 0 amide bonds. The van der Waals surface area contributed by atoms with Gasteiger partial charge in [-0.3, -0.25) is 9.69 Å². The van der Waals surface area contributed by atoms with Crippen LogP contribution in [0.5, 0.6) is 5.75 Å². The zero-order valence-electron chi connectivity index (χ0n) is 16.5. The summed E-state index contributed by atoms with van der Waals surface area (Å²) < 4.78 is 5.20. The van der Waals surface area contributed by atoms with Gasteiger partial charge in [0.1, 0.15) is 5.75 Å². The van der Waals surface area contributed by atoms with Crippen LogP contribution in [-0.4, -0.2) is 23.8 Å². The largest absolute Gasteiger partial charge is 0.497 e. The van der Waals surface area contributed by atoms with Crippen LogP contribution in [0.4, 0.5) is 0 Å². The van der Waals surface area contributed by atoms with Crippen LogP contribution in [0.3, 0.4) is 0 Å². The SMILES string of the molecule is COc1ccc(CC(=O)[C@H](C)N(Cc2ccccc2)Cc2ccccc2)cc1. The first-order valence-corrected chi connectivity index (χ1v) is 9.63. The summed E-state index contributed by atoms with van der Waals surface area (Å²) in [6, 6.07) is 28.2. The molecular weight excluding hydrogens is 346 g/mol. The maximum absolute atomic E-state index is 13.0. The average molecular weight is 373 g/mol. The maximum atomic E-state index is 13.0. The molecule has 0 aromatic heterocycles. The average Bonchev–Trinajstić information content (AvgIpc) is 2.75. The lowest BCUT2D eigenvalue weighted by atomic mass is 10.0. The number of ketones is 1. The highest BCUT2D eigenvalue weighted by molar-refractivity contribution is 5.85. The number of Topliss-reactive ketones (excluding diaryl/α,β-unsaturated/α-hetero) is 1. The Hall–Kier alpha value is -2.91. The van der Waals surface area contributed by atoms with Gasteiger partial charge in [-0.15, -0.1) is 0 Å². The predicted molar refractivity (Wildman–Crippen MR) is 113 cm³/mol. The molecule has 1 atom stereocenters. The first kappa shape index (κ1) is 19.8. The molecule has 0 aliphatic carbocycles. The zero-order chi connectivity index (χ0) is 19.8. The van der Waals surface area contributed by atoms with Gasteiger partial charge < -0.3 is 4.74 Å². The molecule has 0 saturated heterocycles. The van der Waals surface area contributed by atoms with Gasteiger partial charge in [0, 0.05) is 19.5 Å². The van der Waals surface area contributed by atoms with Gasteiger partial charge in [-0.05, 0) is 35.7 Å². The van der Waals surface area contributed by atoms with Gasteiger partial charge in [-0.25, -0.2) is 0 Å². The lowest BCUT2D eigenvalue weighted by molar-refractivity contribution is -0.123. The van der Waals surface area contributed by atoms with E-state index in [1.165, 1.54) is 11.1 Å². The molecule has 0 saturated carbocycles. The Labute approximate surface area is 167 Å². The molecule has 0 heterocycles. The number of rotatable bonds is 9. The zero-order valence-corrected chi connectivity index (χ0v) is 16.5. The van der Waals surface area contributed by atoms with Crippen LogP contribution in [0.15, 0.2) is 84.9 Å². The molecule has 3 aromatic rings. The summed E-state index contributed by atoms with van der Waals surface area (Å²) in [5.74, 6) is 1.02. The number of ether oxygens (including phenoxy) is 1. The number of carbonyl (C=O) groups is 1. The number of hydrogen-bond acceptors (Lipinski definition) is 3. The second-order valence-electron chi connectivity index (χ2n) is 7.04. The Kier molecular flexibility index (Phi) is 6.99. The third-order valence-corrected chi connectivity index (χ3v) is 5.01. The Balaban J connectivity index is 1.73. The Morgan fingerprint density at radius 3 is 1.75 bits per heavy atom. The van der Waals surface area contributed by atoms with Gasteiger partial charge in [-0.1, -0.05) is 72.8 Å². The van der Waals surface area contributed by atoms with Gasteiger partial charge >= 0.3 is 0 Å². The van der Waals surface area contributed by atoms with E-state index in [9.17, 15) is 4.79 Å². The van der Waals surface area contributed by atoms with Crippen LogP contribution in [0, 0.1) is 0 Å². The van der Waals surface area contributed by atoms with E-state index in [1.54, 1.807) is 7.11 Å². The third-order valence-electron chi connectivity index (χ3n) is 5.01. The number of benzene rings is 3. The number of methoxy groups -OCH3 is 1. The van der Waals surface area contributed by atoms with Crippen molar-refractivity contribution in [3.63, 3.8) is 0 Å². The number of hydrogen-bond donors (Lipinski definition) is 0. The normalized spacial score (nSPS) is 12.0. The van der Waals surface area contributed by atoms with E-state index in [0.717, 1.165) is 24.4 Å². The van der Waals surface area contributed by atoms with Crippen molar-refractivity contribution in [2.24, 2.45) is 0 Å². The molecule has 0 unspecified atom stereocenters. The van der Waals surface area contributed by atoms with Gasteiger partial charge in [0.15, 0.2) is 5.78 Å². The fraction of sp³-hybridized carbons (Fsp3) is 0.240. The molecule has 0 bridgehead atoms. The topological polar surface area (TPSA) is 29.5 Å². The summed E-state index contributed by atoms with van der Waals surface area (Å²) in [6.45, 7) is 3.49. The lowest BCUT2D eigenvalue weighted by Crippen LogP contribution is -2.39. The monoisotopic (exact) mass is 373 g/mol. The molecule has 3 rings (SSSR count). The van der Waals surface area contributed by atoms with Crippen molar-refractivity contribution in [1.29, 1.82) is 0 Å². The minimum absolute atomic E-state index is 0.178. The molecule has 0 fully saturated rings. The predicted octanol–water partition coefficient (Wildman–Crippen LogP) is 4.90. The molecule has 0 aliphatic heterocycles. The third kappa shape index (κ3) is 5.54. The molecular formula is C25H27NO2. The second kappa shape index (κ2) is 9.86. The summed E-state index contributed by atoms with van der Waals surface area (Å²) in [6.07, 6.45) is 0.422. The van der Waals surface area contributed by atoms with E-state index >= 15 is 0 Å². The van der Waals surface area contributed by atoms with Crippen molar-refractivity contribution in [2.75, 3.05) is 7.11 Å². The van der Waals surface area contributed by atoms with Crippen molar-refractivity contribution in [3.8, 4) is 5.75 Å². The molecule has 144 valence electrons. The Morgan fingerprint density at radius 1 is 0.786 bits per heavy atom. The molecule has 3 nitrogen and oxygen atoms in total. The highest BCUT2D eigenvalue weighted by Gasteiger charge is 2.22. The molecule has 3 heteroatoms. The summed E-state index contributed by atoms with van der Waals surface area (Å²) in [5, 5.41) is 0. The van der Waals surface area contributed by atoms with Crippen LogP contribution < -0.4 is 4.74 Å². The molecule has 3 aromatic carbocycles. The summed E-state index contributed by atoms with van der Waals surface area (Å²) >= 11 is 0. The highest BCUT2D eigenvalue weighted by Crippen LogP contribution is 2.17. The van der Waals surface area contributed by atoms with Crippen LogP contribution >= 0.6 is 0 Å². The summed E-state index contributed by atoms with van der Waals surface area (Å²) in [4.78, 5) is 15.3. The van der Waals surface area contributed by atoms with Crippen molar-refractivity contribution < 1.29 is 9.53 Å². The van der Waals surface area contributed by atoms with Crippen LogP contribution in [0.25, 0.3) is 0 Å². The van der Waals surface area contributed by atoms with Crippen LogP contribution in [0.2, 0.25) is 0 Å². The maximum Gasteiger partial charge on any atom is 0.154 e. The van der Waals surface area contributed by atoms with Crippen LogP contribution in [-0.2, 0) is 24.3 Å². The molecule has 28 heavy (non-hydrogen) atoms. The summed E-state index contributed by atoms with van der Waals surface area (Å²) in [7, 11) is 1.65. The van der Waals surface area contributed by atoms with Crippen LogP contribution in [0.1, 0.15) is 23.6 Å². The minimum Gasteiger partial charge on any atom is -0.497 e. The number of carbonyl (C=O) groups excluding carboxylic acids is 1. The van der Waals surface area contributed by atoms with Gasteiger partial charge in [0.2, 0.25) is 0 Å². The van der Waals surface area contributed by atoms with E-state index in [0.29, 0.717) is 6.42 Å². The molecule has 0 spiro atoms. The van der Waals surface area contributed by atoms with Crippen molar-refractivity contribution in [1.82, 2.24) is 4.90 Å². The molecule has 0 aliphatic rings. The smallest absolute Gasteiger partial charge is 0.154 e. The second-order valence-corrected chi connectivity index (χ2v) is 7.04. The quantitative estimate of drug-likeness (QED) is 0.534. The van der Waals surface area contributed by atoms with Gasteiger partial charge in [0.25, 0.3) is 0 Å². The fourth-order valence-corrected chi connectivity index (χ4v) is 3.26. The lowest BCUT2D eigenvalue weighted by Gasteiger charge is -2.28. The van der Waals surface area contributed by atoms with Crippen molar-refractivity contribution in [3.05, 3.63) is 102 Å². The number of nitrogens with zero attached hydrogens (tertiary/aromatic N) is 1. The highest BCUT2D eigenvalue weighted by atomic mass is 16.5. The standard InChI is InChI=1S/C25H27NO2/c1-20(25(27)17-21-13-15-24(28-2)16-14-21)26(18-22-9-5-3-6-10-22)19-23-11-7-4-8-12-23/h3-16,20H,17-19H2,1-2H3/t20-/m0/s1. The Bertz CT molecular complexity index is 819. The van der Waals surface area contributed by atoms with Crippen molar-refractivity contribution >= 4 is 5.78 Å². The van der Waals surface area contributed by atoms with E-state index < -0.39 is 0 Å². The minimum atomic E-state index is -0.178. The molecule has 0 radical (unpaired) electrons. The first-order valence-electron chi connectivity index (χ1n) is 9.63. The van der Waals surface area contributed by atoms with E-state index in [1.807, 2.05) is 67.6 Å². The van der Waals surface area contributed by atoms with Gasteiger partial charge in [0.05, 0.1) is 13.2 Å². The fourth-order valence-electron chi connectivity index (χ4n) is 3.26.